The summed E-state index contributed by atoms with van der Waals surface area (Å²) < 4.78 is 14.3. The van der Waals surface area contributed by atoms with Gasteiger partial charge in [0, 0.05) is 25.3 Å². The largest absolute Gasteiger partial charge is 0.384 e. The van der Waals surface area contributed by atoms with Gasteiger partial charge in [-0.3, -0.25) is 4.90 Å². The Hall–Kier alpha value is -3.25. The molecular formula is C27H38N7O4+. The van der Waals surface area contributed by atoms with Gasteiger partial charge in [0.05, 0.1) is 6.20 Å². The van der Waals surface area contributed by atoms with Crippen LogP contribution in [-0.4, -0.2) is 69.8 Å². The summed E-state index contributed by atoms with van der Waals surface area (Å²) in [6.07, 6.45) is 5.20. The number of unbranched alkanes of at least 4 members (excludes halogenated alkanes) is 1. The molecule has 11 heteroatoms. The van der Waals surface area contributed by atoms with E-state index in [1.807, 2.05) is 35.9 Å². The van der Waals surface area contributed by atoms with Gasteiger partial charge in [-0.1, -0.05) is 30.5 Å². The Balaban J connectivity index is 1.09. The summed E-state index contributed by atoms with van der Waals surface area (Å²) >= 11 is 0. The van der Waals surface area contributed by atoms with Gasteiger partial charge in [0.15, 0.2) is 0 Å². The minimum atomic E-state index is -0.825. The van der Waals surface area contributed by atoms with Crippen molar-refractivity contribution in [3.8, 4) is 0 Å². The van der Waals surface area contributed by atoms with Gasteiger partial charge in [0.1, 0.15) is 29.9 Å². The summed E-state index contributed by atoms with van der Waals surface area (Å²) in [4.78, 5) is 21.7. The number of urea groups is 1. The second kappa shape index (κ2) is 11.6. The standard InChI is InChI=1S/C27H37N7O4/c1-3-4-6-18-7-9-19(10-8-18)32-27(36)29-12-5-13-33-15-21-23(37-17(33)2)22(35)26(38-21)34-14-11-20-24(28)30-16-31-25(20)34/h7-11,14,16-17,21-23,26,35H,3-6,12-13,15H2,1-2H3,(H2,28,30,31)(H2,29,32,36)/p+1. The van der Waals surface area contributed by atoms with Crippen molar-refractivity contribution in [2.24, 2.45) is 0 Å². The number of ether oxygens (including phenoxy) is 2. The molecule has 0 spiro atoms. The van der Waals surface area contributed by atoms with E-state index in [2.05, 4.69) is 44.6 Å². The van der Waals surface area contributed by atoms with Crippen LogP contribution >= 0.6 is 0 Å². The molecule has 5 rings (SSSR count). The number of H-pyrrole nitrogens is 1. The van der Waals surface area contributed by atoms with Crippen molar-refractivity contribution >= 4 is 28.6 Å². The summed E-state index contributed by atoms with van der Waals surface area (Å²) in [5.41, 5.74) is 8.78. The number of aliphatic hydroxyl groups excluding tert-OH is 1. The Morgan fingerprint density at radius 2 is 2.05 bits per heavy atom. The van der Waals surface area contributed by atoms with Crippen LogP contribution in [0.15, 0.2) is 42.9 Å². The van der Waals surface area contributed by atoms with Crippen molar-refractivity contribution in [2.75, 3.05) is 30.7 Å². The number of carbonyl (C=O) groups excluding carboxylic acids is 1. The number of hydrogen-bond donors (Lipinski definition) is 4. The van der Waals surface area contributed by atoms with E-state index in [1.165, 1.54) is 24.7 Å². The third-order valence-electron chi connectivity index (χ3n) is 7.40. The third-order valence-corrected chi connectivity index (χ3v) is 7.40. The molecule has 5 atom stereocenters. The SMILES string of the molecule is CCCCc1ccc(NC(=O)NCCCN2CC3OC(n4ccc5c(N)nc[nH+]c54)C(O)C3OC2C)cc1. The molecule has 2 saturated heterocycles. The maximum atomic E-state index is 12.3. The Kier molecular flexibility index (Phi) is 8.08. The number of fused-ring (bicyclic) bond motifs is 2. The average molecular weight is 525 g/mol. The fourth-order valence-electron chi connectivity index (χ4n) is 5.28. The summed E-state index contributed by atoms with van der Waals surface area (Å²) in [6, 6.07) is 9.65. The number of nitrogens with two attached hydrogens (primary N) is 1. The number of aromatic amines is 1. The molecule has 0 radical (unpaired) electrons. The second-order valence-corrected chi connectivity index (χ2v) is 10.1. The molecule has 2 amide bonds. The zero-order valence-electron chi connectivity index (χ0n) is 22.0. The van der Waals surface area contributed by atoms with E-state index in [9.17, 15) is 9.90 Å². The monoisotopic (exact) mass is 524 g/mol. The van der Waals surface area contributed by atoms with Crippen molar-refractivity contribution in [1.29, 1.82) is 0 Å². The number of carbonyl (C=O) groups is 1. The van der Waals surface area contributed by atoms with Crippen molar-refractivity contribution in [3.05, 3.63) is 48.4 Å². The average Bonchev–Trinajstić information content (AvgIpc) is 3.48. The molecule has 0 saturated carbocycles. The molecule has 38 heavy (non-hydrogen) atoms. The van der Waals surface area contributed by atoms with Gasteiger partial charge in [-0.25, -0.2) is 14.3 Å². The second-order valence-electron chi connectivity index (χ2n) is 10.1. The van der Waals surface area contributed by atoms with Gasteiger partial charge in [-0.2, -0.15) is 0 Å². The maximum Gasteiger partial charge on any atom is 0.319 e. The Bertz CT molecular complexity index is 1230. The number of aryl methyl sites for hydroxylation is 1. The molecule has 2 aromatic heterocycles. The minimum Gasteiger partial charge on any atom is -0.384 e. The highest BCUT2D eigenvalue weighted by Gasteiger charge is 2.51. The van der Waals surface area contributed by atoms with E-state index >= 15 is 0 Å². The van der Waals surface area contributed by atoms with Crippen molar-refractivity contribution in [1.82, 2.24) is 19.8 Å². The van der Waals surface area contributed by atoms with Crippen molar-refractivity contribution < 1.29 is 24.4 Å². The lowest BCUT2D eigenvalue weighted by Crippen LogP contribution is -2.54. The molecule has 2 fully saturated rings. The number of nitrogens with one attached hydrogen (secondary N) is 3. The first-order valence-electron chi connectivity index (χ1n) is 13.4. The molecule has 5 unspecified atom stereocenters. The van der Waals surface area contributed by atoms with Gasteiger partial charge in [-0.15, -0.1) is 0 Å². The zero-order valence-corrected chi connectivity index (χ0v) is 22.0. The number of amides is 2. The molecule has 1 aromatic carbocycles. The topological polar surface area (TPSA) is 141 Å². The molecule has 0 bridgehead atoms. The number of nitrogen functional groups attached to an aromatic ring is 1. The molecule has 11 nitrogen and oxygen atoms in total. The summed E-state index contributed by atoms with van der Waals surface area (Å²) in [6.45, 7) is 6.04. The first-order chi connectivity index (χ1) is 18.4. The van der Waals surface area contributed by atoms with Crippen LogP contribution in [0.25, 0.3) is 11.0 Å². The lowest BCUT2D eigenvalue weighted by molar-refractivity contribution is -0.355. The molecule has 3 aromatic rings. The molecule has 204 valence electrons. The predicted molar refractivity (Wildman–Crippen MR) is 143 cm³/mol. The molecule has 0 aliphatic carbocycles. The number of aromatic nitrogens is 3. The highest BCUT2D eigenvalue weighted by Crippen LogP contribution is 2.37. The van der Waals surface area contributed by atoms with Crippen LogP contribution < -0.4 is 21.4 Å². The van der Waals surface area contributed by atoms with Crippen LogP contribution in [0, 0.1) is 0 Å². The van der Waals surface area contributed by atoms with Gasteiger partial charge in [-0.05, 0) is 49.9 Å². The normalized spacial score (nSPS) is 25.4. The Labute approximate surface area is 222 Å². The molecule has 2 aliphatic heterocycles. The maximum absolute atomic E-state index is 12.3. The molecular weight excluding hydrogens is 486 g/mol. The van der Waals surface area contributed by atoms with Crippen LogP contribution in [0.4, 0.5) is 16.3 Å². The van der Waals surface area contributed by atoms with E-state index in [4.69, 9.17) is 15.2 Å². The van der Waals surface area contributed by atoms with E-state index in [0.717, 1.165) is 36.1 Å². The van der Waals surface area contributed by atoms with Gasteiger partial charge >= 0.3 is 6.03 Å². The first-order valence-corrected chi connectivity index (χ1v) is 13.4. The minimum absolute atomic E-state index is 0.180. The number of nitrogens with zero attached hydrogens (tertiary/aromatic N) is 3. The van der Waals surface area contributed by atoms with E-state index in [1.54, 1.807) is 0 Å². The highest BCUT2D eigenvalue weighted by molar-refractivity contribution is 5.89. The molecule has 2 aliphatic rings. The first kappa shape index (κ1) is 26.4. The van der Waals surface area contributed by atoms with Crippen molar-refractivity contribution in [3.63, 3.8) is 0 Å². The number of benzene rings is 1. The summed E-state index contributed by atoms with van der Waals surface area (Å²) in [7, 11) is 0. The Morgan fingerprint density at radius 3 is 2.84 bits per heavy atom. The van der Waals surface area contributed by atoms with Crippen LogP contribution in [0.5, 0.6) is 0 Å². The summed E-state index contributed by atoms with van der Waals surface area (Å²) in [5, 5.41) is 17.6. The van der Waals surface area contributed by atoms with Gasteiger partial charge in [0.25, 0.3) is 0 Å². The lowest BCUT2D eigenvalue weighted by Gasteiger charge is -2.39. The fraction of sp³-hybridized carbons (Fsp3) is 0.519. The van der Waals surface area contributed by atoms with Crippen LogP contribution in [0.2, 0.25) is 0 Å². The quantitative estimate of drug-likeness (QED) is 0.315. The molecule has 6 N–H and O–H groups in total. The summed E-state index contributed by atoms with van der Waals surface area (Å²) in [5.74, 6) is 0.418. The smallest absolute Gasteiger partial charge is 0.319 e. The third kappa shape index (κ3) is 5.60. The van der Waals surface area contributed by atoms with E-state index in [0.29, 0.717) is 18.9 Å². The fourth-order valence-corrected chi connectivity index (χ4v) is 5.28. The zero-order chi connectivity index (χ0) is 26.6. The van der Waals surface area contributed by atoms with Crippen LogP contribution in [0.3, 0.4) is 0 Å². The van der Waals surface area contributed by atoms with Gasteiger partial charge in [0.2, 0.25) is 24.0 Å². The Morgan fingerprint density at radius 1 is 1.24 bits per heavy atom. The number of rotatable bonds is 9. The van der Waals surface area contributed by atoms with Crippen LogP contribution in [-0.2, 0) is 15.9 Å². The highest BCUT2D eigenvalue weighted by atomic mass is 16.6. The number of aliphatic hydroxyl groups is 1. The van der Waals surface area contributed by atoms with Crippen molar-refractivity contribution in [2.45, 2.75) is 70.3 Å². The van der Waals surface area contributed by atoms with E-state index < -0.39 is 18.4 Å². The number of hydrogen-bond acceptors (Lipinski definition) is 7. The lowest BCUT2D eigenvalue weighted by atomic mass is 10.1. The predicted octanol–water partition coefficient (Wildman–Crippen LogP) is 2.29. The molecule has 4 heterocycles. The van der Waals surface area contributed by atoms with E-state index in [-0.39, 0.29) is 18.4 Å². The van der Waals surface area contributed by atoms with Crippen LogP contribution in [0.1, 0.15) is 44.9 Å². The van der Waals surface area contributed by atoms with Gasteiger partial charge < -0.3 is 30.9 Å². The number of anilines is 2.